The van der Waals surface area contributed by atoms with Gasteiger partial charge in [-0.15, -0.1) is 12.4 Å². The standard InChI is InChI=1S/C13H21NO.ClH/c1-9-6-5-7-10(2)13(9)15-8-11(3)12(4)14;/h5-7,11-12H,8,14H2,1-4H3;1H. The fraction of sp³-hybridized carbons (Fsp3) is 0.538. The topological polar surface area (TPSA) is 35.2 Å². The zero-order valence-electron chi connectivity index (χ0n) is 10.5. The van der Waals surface area contributed by atoms with E-state index in [0.717, 1.165) is 5.75 Å². The van der Waals surface area contributed by atoms with Crippen molar-refractivity contribution in [2.24, 2.45) is 11.7 Å². The molecule has 2 unspecified atom stereocenters. The van der Waals surface area contributed by atoms with Crippen LogP contribution in [0.25, 0.3) is 0 Å². The van der Waals surface area contributed by atoms with Crippen LogP contribution in [-0.4, -0.2) is 12.6 Å². The molecule has 0 aliphatic carbocycles. The van der Waals surface area contributed by atoms with E-state index in [9.17, 15) is 0 Å². The van der Waals surface area contributed by atoms with Gasteiger partial charge in [-0.1, -0.05) is 25.1 Å². The number of para-hydroxylation sites is 1. The summed E-state index contributed by atoms with van der Waals surface area (Å²) in [7, 11) is 0. The van der Waals surface area contributed by atoms with Crippen LogP contribution in [0.2, 0.25) is 0 Å². The zero-order valence-corrected chi connectivity index (χ0v) is 11.3. The van der Waals surface area contributed by atoms with Gasteiger partial charge >= 0.3 is 0 Å². The number of nitrogens with two attached hydrogens (primary N) is 1. The van der Waals surface area contributed by atoms with Crippen LogP contribution >= 0.6 is 12.4 Å². The van der Waals surface area contributed by atoms with E-state index in [1.165, 1.54) is 11.1 Å². The number of ether oxygens (including phenoxy) is 1. The smallest absolute Gasteiger partial charge is 0.125 e. The van der Waals surface area contributed by atoms with Crippen molar-refractivity contribution in [3.63, 3.8) is 0 Å². The van der Waals surface area contributed by atoms with Gasteiger partial charge in [0.1, 0.15) is 5.75 Å². The Morgan fingerprint density at radius 3 is 2.12 bits per heavy atom. The highest BCUT2D eigenvalue weighted by Gasteiger charge is 2.10. The third-order valence-electron chi connectivity index (χ3n) is 2.80. The van der Waals surface area contributed by atoms with E-state index >= 15 is 0 Å². The molecule has 0 bridgehead atoms. The summed E-state index contributed by atoms with van der Waals surface area (Å²) < 4.78 is 5.81. The van der Waals surface area contributed by atoms with Crippen LogP contribution in [0.5, 0.6) is 5.75 Å². The second-order valence-electron chi connectivity index (χ2n) is 4.37. The molecule has 92 valence electrons. The predicted molar refractivity (Wildman–Crippen MR) is 71.5 cm³/mol. The van der Waals surface area contributed by atoms with Gasteiger partial charge < -0.3 is 10.5 Å². The molecule has 2 N–H and O–H groups in total. The SMILES string of the molecule is Cc1cccc(C)c1OCC(C)C(C)N.Cl. The molecule has 0 amide bonds. The summed E-state index contributed by atoms with van der Waals surface area (Å²) >= 11 is 0. The first-order valence-corrected chi connectivity index (χ1v) is 5.47. The van der Waals surface area contributed by atoms with Crippen LogP contribution in [-0.2, 0) is 0 Å². The van der Waals surface area contributed by atoms with E-state index in [4.69, 9.17) is 10.5 Å². The maximum Gasteiger partial charge on any atom is 0.125 e. The molecule has 0 saturated heterocycles. The summed E-state index contributed by atoms with van der Waals surface area (Å²) in [4.78, 5) is 0. The molecule has 3 heteroatoms. The van der Waals surface area contributed by atoms with Crippen molar-refractivity contribution in [1.82, 2.24) is 0 Å². The van der Waals surface area contributed by atoms with E-state index in [1.54, 1.807) is 0 Å². The van der Waals surface area contributed by atoms with Crippen molar-refractivity contribution < 1.29 is 4.74 Å². The fourth-order valence-corrected chi connectivity index (χ4v) is 1.39. The number of halogens is 1. The van der Waals surface area contributed by atoms with Gasteiger partial charge in [-0.2, -0.15) is 0 Å². The lowest BCUT2D eigenvalue weighted by Crippen LogP contribution is -2.29. The molecule has 0 aliphatic heterocycles. The number of hydrogen-bond acceptors (Lipinski definition) is 2. The molecule has 0 radical (unpaired) electrons. The molecule has 1 aromatic rings. The second kappa shape index (κ2) is 6.77. The first kappa shape index (κ1) is 15.3. The van der Waals surface area contributed by atoms with Gasteiger partial charge in [0.25, 0.3) is 0 Å². The molecule has 1 rings (SSSR count). The van der Waals surface area contributed by atoms with Crippen LogP contribution in [0.3, 0.4) is 0 Å². The van der Waals surface area contributed by atoms with Crippen LogP contribution in [0.15, 0.2) is 18.2 Å². The lowest BCUT2D eigenvalue weighted by atomic mass is 10.1. The van der Waals surface area contributed by atoms with Crippen molar-refractivity contribution in [3.05, 3.63) is 29.3 Å². The molecule has 1 aromatic carbocycles. The van der Waals surface area contributed by atoms with Crippen molar-refractivity contribution in [1.29, 1.82) is 0 Å². The second-order valence-corrected chi connectivity index (χ2v) is 4.37. The van der Waals surface area contributed by atoms with Gasteiger partial charge in [0.2, 0.25) is 0 Å². The van der Waals surface area contributed by atoms with Crippen molar-refractivity contribution >= 4 is 12.4 Å². The number of rotatable bonds is 4. The summed E-state index contributed by atoms with van der Waals surface area (Å²) in [5, 5.41) is 0. The lowest BCUT2D eigenvalue weighted by molar-refractivity contribution is 0.240. The van der Waals surface area contributed by atoms with E-state index in [0.29, 0.717) is 12.5 Å². The third-order valence-corrected chi connectivity index (χ3v) is 2.80. The first-order valence-electron chi connectivity index (χ1n) is 5.47. The van der Waals surface area contributed by atoms with E-state index in [-0.39, 0.29) is 18.4 Å². The van der Waals surface area contributed by atoms with E-state index < -0.39 is 0 Å². The monoisotopic (exact) mass is 243 g/mol. The molecule has 0 saturated carbocycles. The minimum Gasteiger partial charge on any atom is -0.493 e. The molecule has 0 aromatic heterocycles. The number of hydrogen-bond donors (Lipinski definition) is 1. The Morgan fingerprint density at radius 1 is 1.19 bits per heavy atom. The van der Waals surface area contributed by atoms with Crippen LogP contribution in [0.1, 0.15) is 25.0 Å². The third kappa shape index (κ3) is 4.03. The molecule has 2 atom stereocenters. The number of benzene rings is 1. The summed E-state index contributed by atoms with van der Waals surface area (Å²) in [5.41, 5.74) is 8.17. The normalized spacial score (nSPS) is 13.8. The summed E-state index contributed by atoms with van der Waals surface area (Å²) in [6, 6.07) is 6.36. The Kier molecular flexibility index (Phi) is 6.46. The molecule has 0 fully saturated rings. The zero-order chi connectivity index (χ0) is 11.4. The predicted octanol–water partition coefficient (Wildman–Crippen LogP) is 3.09. The van der Waals surface area contributed by atoms with Gasteiger partial charge in [-0.25, -0.2) is 0 Å². The molecule has 16 heavy (non-hydrogen) atoms. The molecular weight excluding hydrogens is 222 g/mol. The van der Waals surface area contributed by atoms with Crippen molar-refractivity contribution in [3.8, 4) is 5.75 Å². The maximum absolute atomic E-state index is 5.81. The van der Waals surface area contributed by atoms with Crippen molar-refractivity contribution in [2.75, 3.05) is 6.61 Å². The van der Waals surface area contributed by atoms with Gasteiger partial charge in [-0.3, -0.25) is 0 Å². The largest absolute Gasteiger partial charge is 0.493 e. The number of aryl methyl sites for hydroxylation is 2. The fourth-order valence-electron chi connectivity index (χ4n) is 1.39. The van der Waals surface area contributed by atoms with E-state index in [2.05, 4.69) is 32.9 Å². The average Bonchev–Trinajstić information content (AvgIpc) is 2.16. The van der Waals surface area contributed by atoms with Crippen molar-refractivity contribution in [2.45, 2.75) is 33.7 Å². The Bertz CT molecular complexity index is 305. The Balaban J connectivity index is 0.00000225. The highest BCUT2D eigenvalue weighted by atomic mass is 35.5. The van der Waals surface area contributed by atoms with Gasteiger partial charge in [-0.05, 0) is 31.9 Å². The quantitative estimate of drug-likeness (QED) is 0.882. The minimum absolute atomic E-state index is 0. The summed E-state index contributed by atoms with van der Waals surface area (Å²) in [6.45, 7) is 8.94. The minimum atomic E-state index is 0. The lowest BCUT2D eigenvalue weighted by Gasteiger charge is -2.18. The molecule has 0 aliphatic rings. The van der Waals surface area contributed by atoms with Gasteiger partial charge in [0.05, 0.1) is 6.61 Å². The Labute approximate surface area is 105 Å². The molecular formula is C13H22ClNO. The van der Waals surface area contributed by atoms with Crippen LogP contribution in [0.4, 0.5) is 0 Å². The van der Waals surface area contributed by atoms with Crippen LogP contribution in [0, 0.1) is 19.8 Å². The van der Waals surface area contributed by atoms with Crippen LogP contribution < -0.4 is 10.5 Å². The highest BCUT2D eigenvalue weighted by Crippen LogP contribution is 2.22. The summed E-state index contributed by atoms with van der Waals surface area (Å²) in [5.74, 6) is 1.38. The van der Waals surface area contributed by atoms with E-state index in [1.807, 2.05) is 13.0 Å². The summed E-state index contributed by atoms with van der Waals surface area (Å²) in [6.07, 6.45) is 0. The Hall–Kier alpha value is -0.730. The van der Waals surface area contributed by atoms with Gasteiger partial charge in [0, 0.05) is 12.0 Å². The Morgan fingerprint density at radius 2 is 1.69 bits per heavy atom. The maximum atomic E-state index is 5.81. The highest BCUT2D eigenvalue weighted by molar-refractivity contribution is 5.85. The molecule has 2 nitrogen and oxygen atoms in total. The first-order chi connectivity index (χ1) is 7.02. The van der Waals surface area contributed by atoms with Gasteiger partial charge in [0.15, 0.2) is 0 Å². The molecule has 0 heterocycles. The molecule has 0 spiro atoms. The average molecular weight is 244 g/mol.